The van der Waals surface area contributed by atoms with Crippen molar-refractivity contribution in [2.45, 2.75) is 6.92 Å². The number of imidazole rings is 1. The van der Waals surface area contributed by atoms with Crippen molar-refractivity contribution in [1.29, 1.82) is 5.26 Å². The molecular weight excluding hydrogens is 240 g/mol. The van der Waals surface area contributed by atoms with Crippen molar-refractivity contribution in [3.8, 4) is 6.07 Å². The molecule has 0 aliphatic heterocycles. The molecule has 0 amide bonds. The molecule has 2 aromatic rings. The minimum atomic E-state index is -0.0910. The summed E-state index contributed by atoms with van der Waals surface area (Å²) in [5.41, 5.74) is 1.25. The summed E-state index contributed by atoms with van der Waals surface area (Å²) in [5, 5.41) is 8.95. The van der Waals surface area contributed by atoms with E-state index in [0.29, 0.717) is 18.0 Å². The molecule has 2 aromatic heterocycles. The van der Waals surface area contributed by atoms with E-state index in [0.717, 1.165) is 5.52 Å². The van der Waals surface area contributed by atoms with Crippen molar-refractivity contribution in [2.24, 2.45) is 5.92 Å². The topological polar surface area (TPSA) is 81.5 Å². The van der Waals surface area contributed by atoms with E-state index < -0.39 is 0 Å². The second-order valence-electron chi connectivity index (χ2n) is 3.83. The monoisotopic (exact) mass is 250 g/mol. The van der Waals surface area contributed by atoms with Crippen LogP contribution in [-0.2, 0) is 0 Å². The van der Waals surface area contributed by atoms with Gasteiger partial charge < -0.3 is 9.88 Å². The van der Waals surface area contributed by atoms with Gasteiger partial charge in [-0.15, -0.1) is 0 Å². The Kier molecular flexibility index (Phi) is 3.11. The van der Waals surface area contributed by atoms with Gasteiger partial charge in [0.1, 0.15) is 5.52 Å². The Morgan fingerprint density at radius 2 is 2.35 bits per heavy atom. The molecule has 0 aliphatic rings. The normalized spacial score (nSPS) is 12.4. The summed E-state index contributed by atoms with van der Waals surface area (Å²) in [6.45, 7) is 2.42. The number of hydrogen-bond donors (Lipinski definition) is 1. The van der Waals surface area contributed by atoms with E-state index in [2.05, 4.69) is 26.0 Å². The largest absolute Gasteiger partial charge is 0.356 e. The average molecular weight is 251 g/mol. The molecule has 6 nitrogen and oxygen atoms in total. The number of halogens is 1. The lowest BCUT2D eigenvalue weighted by molar-refractivity contribution is 0.711. The minimum Gasteiger partial charge on any atom is -0.356 e. The SMILES string of the molecule is CC(C#N)CN(C)c1nc(Cl)nc2nc[nH]c12. The first-order valence-corrected chi connectivity index (χ1v) is 5.47. The van der Waals surface area contributed by atoms with Crippen molar-refractivity contribution in [3.63, 3.8) is 0 Å². The molecular formula is C10H11ClN6. The molecule has 0 aliphatic carbocycles. The third-order valence-electron chi connectivity index (χ3n) is 2.37. The molecule has 0 fully saturated rings. The van der Waals surface area contributed by atoms with E-state index in [4.69, 9.17) is 16.9 Å². The number of anilines is 1. The Bertz CT molecular complexity index is 572. The highest BCUT2D eigenvalue weighted by Crippen LogP contribution is 2.22. The smallest absolute Gasteiger partial charge is 0.226 e. The van der Waals surface area contributed by atoms with Crippen LogP contribution in [0.2, 0.25) is 5.28 Å². The van der Waals surface area contributed by atoms with E-state index in [1.165, 1.54) is 0 Å². The molecule has 1 unspecified atom stereocenters. The van der Waals surface area contributed by atoms with Gasteiger partial charge in [0.2, 0.25) is 5.28 Å². The molecule has 0 bridgehead atoms. The third kappa shape index (κ3) is 2.29. The van der Waals surface area contributed by atoms with Crippen LogP contribution in [0.25, 0.3) is 11.2 Å². The van der Waals surface area contributed by atoms with Crippen molar-refractivity contribution in [3.05, 3.63) is 11.6 Å². The fourth-order valence-electron chi connectivity index (χ4n) is 1.61. The van der Waals surface area contributed by atoms with Gasteiger partial charge in [-0.25, -0.2) is 4.98 Å². The van der Waals surface area contributed by atoms with Gasteiger partial charge in [-0.2, -0.15) is 15.2 Å². The van der Waals surface area contributed by atoms with Crippen LogP contribution < -0.4 is 4.90 Å². The molecule has 1 atom stereocenters. The third-order valence-corrected chi connectivity index (χ3v) is 2.54. The van der Waals surface area contributed by atoms with Crippen molar-refractivity contribution in [2.75, 3.05) is 18.5 Å². The van der Waals surface area contributed by atoms with Gasteiger partial charge in [-0.1, -0.05) is 0 Å². The number of nitrogens with zero attached hydrogens (tertiary/aromatic N) is 5. The molecule has 2 rings (SSSR count). The Morgan fingerprint density at radius 1 is 1.59 bits per heavy atom. The van der Waals surface area contributed by atoms with Crippen LogP contribution in [0, 0.1) is 17.2 Å². The first kappa shape index (κ1) is 11.6. The lowest BCUT2D eigenvalue weighted by Gasteiger charge is -2.19. The molecule has 2 heterocycles. The van der Waals surface area contributed by atoms with Gasteiger partial charge in [0.15, 0.2) is 11.5 Å². The summed E-state index contributed by atoms with van der Waals surface area (Å²) in [7, 11) is 1.85. The summed E-state index contributed by atoms with van der Waals surface area (Å²) in [6.07, 6.45) is 1.54. The van der Waals surface area contributed by atoms with Crippen LogP contribution in [0.1, 0.15) is 6.92 Å². The van der Waals surface area contributed by atoms with Crippen molar-refractivity contribution < 1.29 is 0 Å². The maximum absolute atomic E-state index is 8.80. The molecule has 17 heavy (non-hydrogen) atoms. The standard InChI is InChI=1S/C10H11ClN6/c1-6(3-12)4-17(2)9-7-8(14-5-13-7)15-10(11)16-9/h5-6H,4H2,1-2H3,(H,13,14,15,16). The molecule has 0 aromatic carbocycles. The molecule has 1 N–H and O–H groups in total. The first-order valence-electron chi connectivity index (χ1n) is 5.09. The van der Waals surface area contributed by atoms with Crippen LogP contribution in [0.3, 0.4) is 0 Å². The molecule has 0 radical (unpaired) electrons. The van der Waals surface area contributed by atoms with E-state index in [-0.39, 0.29) is 11.2 Å². The molecule has 0 spiro atoms. The highest BCUT2D eigenvalue weighted by molar-refractivity contribution is 6.28. The molecule has 7 heteroatoms. The van der Waals surface area contributed by atoms with Crippen LogP contribution in [0.5, 0.6) is 0 Å². The van der Waals surface area contributed by atoms with E-state index >= 15 is 0 Å². The zero-order valence-corrected chi connectivity index (χ0v) is 10.2. The van der Waals surface area contributed by atoms with Gasteiger partial charge in [-0.3, -0.25) is 0 Å². The molecule has 0 saturated carbocycles. The summed E-state index contributed by atoms with van der Waals surface area (Å²) >= 11 is 5.83. The van der Waals surface area contributed by atoms with E-state index in [1.807, 2.05) is 18.9 Å². The Morgan fingerprint density at radius 3 is 3.06 bits per heavy atom. The molecule has 88 valence electrons. The Labute approximate surface area is 103 Å². The van der Waals surface area contributed by atoms with E-state index in [1.54, 1.807) is 6.33 Å². The van der Waals surface area contributed by atoms with Crippen LogP contribution in [0.4, 0.5) is 5.82 Å². The van der Waals surface area contributed by atoms with Crippen molar-refractivity contribution >= 4 is 28.6 Å². The average Bonchev–Trinajstić information content (AvgIpc) is 2.75. The van der Waals surface area contributed by atoms with E-state index in [9.17, 15) is 0 Å². The predicted octanol–water partition coefficient (Wildman–Crippen LogP) is 1.60. The van der Waals surface area contributed by atoms with Crippen LogP contribution in [-0.4, -0.2) is 33.5 Å². The number of nitrogens with one attached hydrogen (secondary N) is 1. The lowest BCUT2D eigenvalue weighted by atomic mass is 10.2. The first-order chi connectivity index (χ1) is 8.11. The van der Waals surface area contributed by atoms with Crippen molar-refractivity contribution in [1.82, 2.24) is 19.9 Å². The number of aromatic nitrogens is 4. The van der Waals surface area contributed by atoms with Gasteiger partial charge in [0, 0.05) is 13.6 Å². The zero-order valence-electron chi connectivity index (χ0n) is 9.48. The molecule has 0 saturated heterocycles. The minimum absolute atomic E-state index is 0.0910. The second-order valence-corrected chi connectivity index (χ2v) is 4.17. The predicted molar refractivity (Wildman–Crippen MR) is 64.7 cm³/mol. The zero-order chi connectivity index (χ0) is 12.4. The second kappa shape index (κ2) is 4.55. The van der Waals surface area contributed by atoms with Crippen LogP contribution in [0.15, 0.2) is 6.33 Å². The Hall–Kier alpha value is -1.87. The van der Waals surface area contributed by atoms with Gasteiger partial charge in [0.25, 0.3) is 0 Å². The summed E-state index contributed by atoms with van der Waals surface area (Å²) in [6, 6.07) is 2.18. The maximum Gasteiger partial charge on any atom is 0.226 e. The number of H-pyrrole nitrogens is 1. The summed E-state index contributed by atoms with van der Waals surface area (Å²) in [5.74, 6) is 0.561. The number of rotatable bonds is 3. The lowest BCUT2D eigenvalue weighted by Crippen LogP contribution is -2.24. The maximum atomic E-state index is 8.80. The summed E-state index contributed by atoms with van der Waals surface area (Å²) in [4.78, 5) is 17.0. The number of fused-ring (bicyclic) bond motifs is 1. The Balaban J connectivity index is 2.40. The number of hydrogen-bond acceptors (Lipinski definition) is 5. The highest BCUT2D eigenvalue weighted by atomic mass is 35.5. The van der Waals surface area contributed by atoms with Gasteiger partial charge in [0.05, 0.1) is 18.3 Å². The van der Waals surface area contributed by atoms with Gasteiger partial charge >= 0.3 is 0 Å². The van der Waals surface area contributed by atoms with Crippen LogP contribution >= 0.6 is 11.6 Å². The number of aromatic amines is 1. The fourth-order valence-corrected chi connectivity index (χ4v) is 1.77. The highest BCUT2D eigenvalue weighted by Gasteiger charge is 2.14. The fraction of sp³-hybridized carbons (Fsp3) is 0.400. The quantitative estimate of drug-likeness (QED) is 0.837. The van der Waals surface area contributed by atoms with Gasteiger partial charge in [-0.05, 0) is 18.5 Å². The number of nitriles is 1. The summed E-state index contributed by atoms with van der Waals surface area (Å²) < 4.78 is 0.